The zero-order valence-electron chi connectivity index (χ0n) is 12.8. The maximum absolute atomic E-state index is 12.2. The summed E-state index contributed by atoms with van der Waals surface area (Å²) in [4.78, 5) is 18.4. The molecule has 3 nitrogen and oxygen atoms in total. The molecule has 2 aromatic rings. The molecular weight excluding hydrogens is 260 g/mol. The summed E-state index contributed by atoms with van der Waals surface area (Å²) >= 11 is 0. The quantitative estimate of drug-likeness (QED) is 0.871. The van der Waals surface area contributed by atoms with Crippen molar-refractivity contribution in [3.05, 3.63) is 35.5 Å². The van der Waals surface area contributed by atoms with Crippen molar-refractivity contribution in [3.8, 4) is 0 Å². The van der Waals surface area contributed by atoms with E-state index in [-0.39, 0.29) is 11.5 Å². The highest BCUT2D eigenvalue weighted by Crippen LogP contribution is 2.47. The smallest absolute Gasteiger partial charge is 0.135 e. The Kier molecular flexibility index (Phi) is 2.77. The predicted molar refractivity (Wildman–Crippen MR) is 84.3 cm³/mol. The summed E-state index contributed by atoms with van der Waals surface area (Å²) in [6.45, 7) is 6.20. The summed E-state index contributed by atoms with van der Waals surface area (Å²) in [5.41, 5.74) is 3.77. The van der Waals surface area contributed by atoms with Crippen molar-refractivity contribution in [2.45, 2.75) is 38.6 Å². The van der Waals surface area contributed by atoms with Crippen LogP contribution in [0.5, 0.6) is 0 Å². The van der Waals surface area contributed by atoms with Gasteiger partial charge >= 0.3 is 0 Å². The first-order chi connectivity index (χ1) is 10.1. The van der Waals surface area contributed by atoms with Gasteiger partial charge in [-0.3, -0.25) is 9.69 Å². The number of benzene rings is 1. The molecule has 1 aromatic heterocycles. The highest BCUT2D eigenvalue weighted by molar-refractivity contribution is 5.87. The molecule has 0 bridgehead atoms. The Morgan fingerprint density at radius 1 is 1.33 bits per heavy atom. The lowest BCUT2D eigenvalue weighted by Gasteiger charge is -2.51. The van der Waals surface area contributed by atoms with Crippen LogP contribution in [0.2, 0.25) is 0 Å². The number of nitrogens with one attached hydrogen (secondary N) is 1. The van der Waals surface area contributed by atoms with Gasteiger partial charge in [0.2, 0.25) is 0 Å². The topological polar surface area (TPSA) is 36.1 Å². The lowest BCUT2D eigenvalue weighted by molar-refractivity contribution is -0.130. The number of hydrogen-bond donors (Lipinski definition) is 1. The van der Waals surface area contributed by atoms with Gasteiger partial charge in [-0.05, 0) is 51.3 Å². The molecule has 21 heavy (non-hydrogen) atoms. The van der Waals surface area contributed by atoms with Gasteiger partial charge in [-0.25, -0.2) is 0 Å². The van der Waals surface area contributed by atoms with E-state index in [0.717, 1.165) is 32.4 Å². The lowest BCUT2D eigenvalue weighted by Crippen LogP contribution is -2.57. The first-order valence-corrected chi connectivity index (χ1v) is 7.98. The maximum atomic E-state index is 12.2. The molecule has 110 valence electrons. The zero-order chi connectivity index (χ0) is 14.6. The van der Waals surface area contributed by atoms with Crippen LogP contribution in [-0.4, -0.2) is 28.8 Å². The molecule has 3 heterocycles. The number of rotatable bonds is 1. The predicted octanol–water partition coefficient (Wildman–Crippen LogP) is 3.24. The first kappa shape index (κ1) is 13.1. The van der Waals surface area contributed by atoms with Crippen LogP contribution >= 0.6 is 0 Å². The Morgan fingerprint density at radius 2 is 2.14 bits per heavy atom. The van der Waals surface area contributed by atoms with Gasteiger partial charge in [0.25, 0.3) is 0 Å². The van der Waals surface area contributed by atoms with Crippen LogP contribution in [0.4, 0.5) is 0 Å². The zero-order valence-corrected chi connectivity index (χ0v) is 12.8. The van der Waals surface area contributed by atoms with Crippen molar-refractivity contribution in [3.63, 3.8) is 0 Å². The highest BCUT2D eigenvalue weighted by Gasteiger charge is 2.49. The van der Waals surface area contributed by atoms with Crippen LogP contribution in [0.15, 0.2) is 24.3 Å². The van der Waals surface area contributed by atoms with E-state index in [9.17, 15) is 4.79 Å². The minimum absolute atomic E-state index is 0.110. The minimum Gasteiger partial charge on any atom is -0.357 e. The summed E-state index contributed by atoms with van der Waals surface area (Å²) in [5.74, 6) is 0.437. The largest absolute Gasteiger partial charge is 0.357 e. The number of para-hydroxylation sites is 1. The molecule has 1 saturated heterocycles. The molecule has 1 N–H and O–H groups in total. The Hall–Kier alpha value is -1.61. The van der Waals surface area contributed by atoms with E-state index < -0.39 is 0 Å². The summed E-state index contributed by atoms with van der Waals surface area (Å²) < 4.78 is 0. The molecule has 0 spiro atoms. The third-order valence-corrected chi connectivity index (χ3v) is 5.70. The number of Topliss-reactive ketones (excluding diaryl/α,β-unsaturated/α-hetero) is 1. The number of ketones is 1. The van der Waals surface area contributed by atoms with Crippen LogP contribution in [-0.2, 0) is 16.8 Å². The standard InChI is InChI=1S/C18H22N2O/c1-12(21)15-7-5-10-20-11-9-14-13-6-3-4-8-16(13)19-17(14)18(15,20)2/h3-4,6,8,15,19H,5,7,9-11H2,1-2H3/t15-,18+/m0/s1. The van der Waals surface area contributed by atoms with Gasteiger partial charge in [-0.2, -0.15) is 0 Å². The van der Waals surface area contributed by atoms with Gasteiger partial charge < -0.3 is 4.98 Å². The average Bonchev–Trinajstić information content (AvgIpc) is 2.86. The van der Waals surface area contributed by atoms with Crippen LogP contribution in [0.3, 0.4) is 0 Å². The van der Waals surface area contributed by atoms with E-state index in [2.05, 4.69) is 41.1 Å². The molecule has 0 amide bonds. The average molecular weight is 282 g/mol. The molecule has 2 atom stereocenters. The number of H-pyrrole nitrogens is 1. The van der Waals surface area contributed by atoms with Crippen molar-refractivity contribution in [2.75, 3.05) is 13.1 Å². The monoisotopic (exact) mass is 282 g/mol. The van der Waals surface area contributed by atoms with Gasteiger partial charge in [-0.1, -0.05) is 18.2 Å². The van der Waals surface area contributed by atoms with Crippen LogP contribution in [0.1, 0.15) is 37.9 Å². The second-order valence-corrected chi connectivity index (χ2v) is 6.71. The number of carbonyl (C=O) groups excluding carboxylic acids is 1. The van der Waals surface area contributed by atoms with Crippen molar-refractivity contribution in [2.24, 2.45) is 5.92 Å². The van der Waals surface area contributed by atoms with Crippen molar-refractivity contribution in [1.82, 2.24) is 9.88 Å². The van der Waals surface area contributed by atoms with E-state index >= 15 is 0 Å². The molecule has 0 aliphatic carbocycles. The molecule has 0 radical (unpaired) electrons. The molecule has 3 heteroatoms. The van der Waals surface area contributed by atoms with Gasteiger partial charge in [0, 0.05) is 29.1 Å². The minimum atomic E-state index is -0.156. The van der Waals surface area contributed by atoms with Crippen molar-refractivity contribution in [1.29, 1.82) is 0 Å². The maximum Gasteiger partial charge on any atom is 0.135 e. The number of carbonyl (C=O) groups is 1. The summed E-state index contributed by atoms with van der Waals surface area (Å²) in [6, 6.07) is 8.53. The number of aromatic nitrogens is 1. The van der Waals surface area contributed by atoms with E-state index in [1.807, 2.05) is 0 Å². The molecule has 1 aromatic carbocycles. The normalized spacial score (nSPS) is 29.1. The third kappa shape index (κ3) is 1.67. The summed E-state index contributed by atoms with van der Waals surface area (Å²) in [7, 11) is 0. The van der Waals surface area contributed by atoms with Gasteiger partial charge in [0.15, 0.2) is 0 Å². The second kappa shape index (κ2) is 4.44. The Bertz CT molecular complexity index is 717. The van der Waals surface area contributed by atoms with Gasteiger partial charge in [0.05, 0.1) is 5.54 Å². The third-order valence-electron chi connectivity index (χ3n) is 5.70. The van der Waals surface area contributed by atoms with E-state index in [1.54, 1.807) is 6.92 Å². The number of nitrogens with zero attached hydrogens (tertiary/aromatic N) is 1. The van der Waals surface area contributed by atoms with Gasteiger partial charge in [-0.15, -0.1) is 0 Å². The Balaban J connectivity index is 1.96. The number of hydrogen-bond acceptors (Lipinski definition) is 2. The molecule has 4 rings (SSSR count). The molecular formula is C18H22N2O. The molecule has 1 fully saturated rings. The molecule has 2 aliphatic heterocycles. The Morgan fingerprint density at radius 3 is 2.95 bits per heavy atom. The van der Waals surface area contributed by atoms with Crippen LogP contribution in [0, 0.1) is 5.92 Å². The van der Waals surface area contributed by atoms with Crippen molar-refractivity contribution >= 4 is 16.7 Å². The van der Waals surface area contributed by atoms with E-state index in [0.29, 0.717) is 5.78 Å². The molecule has 0 saturated carbocycles. The summed E-state index contributed by atoms with van der Waals surface area (Å²) in [6.07, 6.45) is 3.23. The Labute approximate surface area is 125 Å². The van der Waals surface area contributed by atoms with E-state index in [4.69, 9.17) is 0 Å². The number of piperidine rings is 1. The van der Waals surface area contributed by atoms with Gasteiger partial charge in [0.1, 0.15) is 5.78 Å². The van der Waals surface area contributed by atoms with Crippen LogP contribution in [0.25, 0.3) is 10.9 Å². The fraction of sp³-hybridized carbons (Fsp3) is 0.500. The SMILES string of the molecule is CC(=O)[C@@H]1CCCN2CCc3c([nH]c4ccccc34)[C@@]12C. The highest BCUT2D eigenvalue weighted by atomic mass is 16.1. The fourth-order valence-corrected chi connectivity index (χ4v) is 4.63. The van der Waals surface area contributed by atoms with Crippen molar-refractivity contribution < 1.29 is 4.79 Å². The lowest BCUT2D eigenvalue weighted by atomic mass is 9.70. The first-order valence-electron chi connectivity index (χ1n) is 7.98. The number of aromatic amines is 1. The van der Waals surface area contributed by atoms with Crippen LogP contribution < -0.4 is 0 Å². The number of fused-ring (bicyclic) bond motifs is 5. The summed E-state index contributed by atoms with van der Waals surface area (Å²) in [5, 5.41) is 1.33. The fourth-order valence-electron chi connectivity index (χ4n) is 4.63. The molecule has 0 unspecified atom stereocenters. The van der Waals surface area contributed by atoms with E-state index in [1.165, 1.54) is 22.2 Å². The second-order valence-electron chi connectivity index (χ2n) is 6.71. The molecule has 2 aliphatic rings.